The van der Waals surface area contributed by atoms with Crippen LogP contribution in [0.3, 0.4) is 0 Å². The quantitative estimate of drug-likeness (QED) is 0.681. The number of anilines is 2. The molecule has 0 aromatic heterocycles. The van der Waals surface area contributed by atoms with Gasteiger partial charge in [-0.1, -0.05) is 38.1 Å². The number of fused-ring (bicyclic) bond motifs is 1. The van der Waals surface area contributed by atoms with Crippen LogP contribution in [-0.4, -0.2) is 30.6 Å². The molecule has 0 spiro atoms. The van der Waals surface area contributed by atoms with E-state index in [9.17, 15) is 27.2 Å². The van der Waals surface area contributed by atoms with Crippen molar-refractivity contribution in [2.75, 3.05) is 16.8 Å². The Morgan fingerprint density at radius 2 is 1.81 bits per heavy atom. The summed E-state index contributed by atoms with van der Waals surface area (Å²) in [4.78, 5) is 25.7. The number of nitrogens with one attached hydrogen (secondary N) is 2. The number of carbonyl (C=O) groups excluding carboxylic acids is 2. The molecule has 5 nitrogen and oxygen atoms in total. The van der Waals surface area contributed by atoms with Gasteiger partial charge in [0, 0.05) is 6.04 Å². The van der Waals surface area contributed by atoms with E-state index in [0.29, 0.717) is 10.5 Å². The van der Waals surface area contributed by atoms with Crippen molar-refractivity contribution >= 4 is 23.2 Å². The van der Waals surface area contributed by atoms with Gasteiger partial charge in [0.1, 0.15) is 11.9 Å². The van der Waals surface area contributed by atoms with E-state index in [1.165, 1.54) is 30.3 Å². The smallest absolute Gasteiger partial charge is 0.324 e. The van der Waals surface area contributed by atoms with Gasteiger partial charge in [-0.3, -0.25) is 14.5 Å². The number of para-hydroxylation sites is 2. The lowest BCUT2D eigenvalue weighted by molar-refractivity contribution is -0.157. The van der Waals surface area contributed by atoms with Crippen LogP contribution in [0.1, 0.15) is 31.9 Å². The number of hydrogen-bond donors (Lipinski definition) is 2. The molecule has 0 radical (unpaired) electrons. The molecule has 9 heteroatoms. The second kappa shape index (κ2) is 9.05. The molecule has 1 aliphatic heterocycles. The third-order valence-corrected chi connectivity index (χ3v) is 5.14. The van der Waals surface area contributed by atoms with E-state index in [1.54, 1.807) is 18.2 Å². The summed E-state index contributed by atoms with van der Waals surface area (Å²) < 4.78 is 54.7. The molecule has 3 rings (SSSR count). The van der Waals surface area contributed by atoms with E-state index in [0.717, 1.165) is 0 Å². The normalized spacial score (nSPS) is 17.7. The van der Waals surface area contributed by atoms with Crippen LogP contribution in [0.25, 0.3) is 0 Å². The van der Waals surface area contributed by atoms with Crippen molar-refractivity contribution in [1.82, 2.24) is 5.32 Å². The van der Waals surface area contributed by atoms with Gasteiger partial charge < -0.3 is 10.6 Å². The maximum atomic E-state index is 13.8. The van der Waals surface area contributed by atoms with Crippen LogP contribution >= 0.6 is 0 Å². The number of alkyl halides is 3. The molecule has 0 unspecified atom stereocenters. The Kier molecular flexibility index (Phi) is 6.64. The zero-order chi connectivity index (χ0) is 22.8. The fourth-order valence-corrected chi connectivity index (χ4v) is 3.69. The van der Waals surface area contributed by atoms with Gasteiger partial charge in [-0.05, 0) is 35.7 Å². The maximum Gasteiger partial charge on any atom is 0.409 e. The highest BCUT2D eigenvalue weighted by atomic mass is 19.4. The van der Waals surface area contributed by atoms with Gasteiger partial charge in [0.15, 0.2) is 0 Å². The summed E-state index contributed by atoms with van der Waals surface area (Å²) in [6, 6.07) is 8.95. The summed E-state index contributed by atoms with van der Waals surface area (Å²) in [5.74, 6) is -2.06. The molecular weight excluding hydrogens is 414 g/mol. The SMILES string of the molecule is CC(C)[C@H](NCC(=O)N1c2ccccc2NC(=O)C[C@@H]1C(F)(F)F)c1ccc(F)cc1. The zero-order valence-electron chi connectivity index (χ0n) is 17.0. The second-order valence-electron chi connectivity index (χ2n) is 7.74. The minimum Gasteiger partial charge on any atom is -0.324 e. The minimum atomic E-state index is -4.79. The van der Waals surface area contributed by atoms with Crippen molar-refractivity contribution in [3.8, 4) is 0 Å². The number of carbonyl (C=O) groups is 2. The molecule has 31 heavy (non-hydrogen) atoms. The minimum absolute atomic E-state index is 0.00893. The fourth-order valence-electron chi connectivity index (χ4n) is 3.69. The number of nitrogens with zero attached hydrogens (tertiary/aromatic N) is 1. The van der Waals surface area contributed by atoms with Crippen molar-refractivity contribution in [1.29, 1.82) is 0 Å². The predicted molar refractivity (Wildman–Crippen MR) is 109 cm³/mol. The van der Waals surface area contributed by atoms with Crippen molar-refractivity contribution in [3.63, 3.8) is 0 Å². The van der Waals surface area contributed by atoms with Gasteiger partial charge in [-0.25, -0.2) is 4.39 Å². The van der Waals surface area contributed by atoms with E-state index in [2.05, 4.69) is 10.6 Å². The van der Waals surface area contributed by atoms with E-state index in [1.807, 2.05) is 13.8 Å². The topological polar surface area (TPSA) is 61.4 Å². The van der Waals surface area contributed by atoms with Crippen molar-refractivity contribution in [2.45, 2.75) is 38.5 Å². The zero-order valence-corrected chi connectivity index (χ0v) is 17.0. The first-order valence-corrected chi connectivity index (χ1v) is 9.84. The van der Waals surface area contributed by atoms with Gasteiger partial charge in [0.25, 0.3) is 0 Å². The predicted octanol–water partition coefficient (Wildman–Crippen LogP) is 4.42. The van der Waals surface area contributed by atoms with Crippen LogP contribution in [0.4, 0.5) is 28.9 Å². The first kappa shape index (κ1) is 22.7. The van der Waals surface area contributed by atoms with Crippen LogP contribution in [-0.2, 0) is 9.59 Å². The Morgan fingerprint density at radius 1 is 1.16 bits per heavy atom. The molecule has 0 saturated heterocycles. The van der Waals surface area contributed by atoms with E-state index >= 15 is 0 Å². The molecule has 2 aromatic carbocycles. The highest BCUT2D eigenvalue weighted by molar-refractivity contribution is 6.05. The Balaban J connectivity index is 1.89. The highest BCUT2D eigenvalue weighted by Crippen LogP contribution is 2.37. The van der Waals surface area contributed by atoms with Gasteiger partial charge in [-0.2, -0.15) is 13.2 Å². The van der Waals surface area contributed by atoms with Crippen LogP contribution in [0.5, 0.6) is 0 Å². The van der Waals surface area contributed by atoms with Crippen LogP contribution < -0.4 is 15.5 Å². The molecular formula is C22H23F4N3O2. The molecule has 0 fully saturated rings. The molecule has 1 heterocycles. The monoisotopic (exact) mass is 437 g/mol. The summed E-state index contributed by atoms with van der Waals surface area (Å²) in [6.45, 7) is 3.37. The van der Waals surface area contributed by atoms with Gasteiger partial charge in [-0.15, -0.1) is 0 Å². The van der Waals surface area contributed by atoms with Gasteiger partial charge in [0.2, 0.25) is 11.8 Å². The Labute approximate surface area is 177 Å². The first-order valence-electron chi connectivity index (χ1n) is 9.84. The number of rotatable bonds is 5. The average molecular weight is 437 g/mol. The molecule has 2 aromatic rings. The lowest BCUT2D eigenvalue weighted by Crippen LogP contribution is -2.52. The molecule has 2 N–H and O–H groups in total. The molecule has 0 aliphatic carbocycles. The fraction of sp³-hybridized carbons (Fsp3) is 0.364. The largest absolute Gasteiger partial charge is 0.409 e. The van der Waals surface area contributed by atoms with Gasteiger partial charge >= 0.3 is 6.18 Å². The van der Waals surface area contributed by atoms with Crippen molar-refractivity contribution in [2.24, 2.45) is 5.92 Å². The third-order valence-electron chi connectivity index (χ3n) is 5.14. The van der Waals surface area contributed by atoms with E-state index in [-0.39, 0.29) is 23.3 Å². The third kappa shape index (κ3) is 5.22. The molecule has 2 atom stereocenters. The highest BCUT2D eigenvalue weighted by Gasteiger charge is 2.48. The summed E-state index contributed by atoms with van der Waals surface area (Å²) in [5.41, 5.74) is 0.849. The average Bonchev–Trinajstić information content (AvgIpc) is 2.84. The summed E-state index contributed by atoms with van der Waals surface area (Å²) in [7, 11) is 0. The lowest BCUT2D eigenvalue weighted by Gasteiger charge is -2.32. The molecule has 2 amide bonds. The molecule has 0 bridgehead atoms. The second-order valence-corrected chi connectivity index (χ2v) is 7.74. The summed E-state index contributed by atoms with van der Waals surface area (Å²) in [5, 5.41) is 5.43. The first-order chi connectivity index (χ1) is 14.6. The Bertz CT molecular complexity index is 945. The Hall–Kier alpha value is -2.94. The maximum absolute atomic E-state index is 13.8. The van der Waals surface area contributed by atoms with Crippen LogP contribution in [0.2, 0.25) is 0 Å². The standard InChI is InChI=1S/C22H23F4N3O2/c1-13(2)21(14-7-9-15(23)10-8-14)27-12-20(31)29-17-6-4-3-5-16(17)28-19(30)11-18(29)22(24,25)26/h3-10,13,18,21,27H,11-12H2,1-2H3,(H,28,30)/t18-,21+/m1/s1. The molecule has 166 valence electrons. The molecule has 0 saturated carbocycles. The number of hydrogen-bond acceptors (Lipinski definition) is 3. The number of halogens is 4. The summed E-state index contributed by atoms with van der Waals surface area (Å²) >= 11 is 0. The van der Waals surface area contributed by atoms with Gasteiger partial charge in [0.05, 0.1) is 24.3 Å². The van der Waals surface area contributed by atoms with Crippen LogP contribution in [0, 0.1) is 11.7 Å². The summed E-state index contributed by atoms with van der Waals surface area (Å²) in [6.07, 6.45) is -5.69. The molecule has 1 aliphatic rings. The number of amides is 2. The van der Waals surface area contributed by atoms with Crippen molar-refractivity contribution < 1.29 is 27.2 Å². The van der Waals surface area contributed by atoms with Crippen LogP contribution in [0.15, 0.2) is 48.5 Å². The van der Waals surface area contributed by atoms with Crippen molar-refractivity contribution in [3.05, 3.63) is 59.9 Å². The number of benzene rings is 2. The van der Waals surface area contributed by atoms with E-state index in [4.69, 9.17) is 0 Å². The van der Waals surface area contributed by atoms with E-state index < -0.39 is 42.8 Å². The Morgan fingerprint density at radius 3 is 2.42 bits per heavy atom. The lowest BCUT2D eigenvalue weighted by atomic mass is 9.96.